The first-order chi connectivity index (χ1) is 15.3. The van der Waals surface area contributed by atoms with E-state index in [0.29, 0.717) is 11.3 Å². The summed E-state index contributed by atoms with van der Waals surface area (Å²) in [4.78, 5) is 40.9. The second-order valence-corrected chi connectivity index (χ2v) is 9.01. The van der Waals surface area contributed by atoms with Crippen LogP contribution in [0.1, 0.15) is 29.6 Å². The van der Waals surface area contributed by atoms with Crippen molar-refractivity contribution in [3.05, 3.63) is 67.8 Å². The van der Waals surface area contributed by atoms with E-state index in [1.165, 1.54) is 12.1 Å². The molecule has 0 saturated carbocycles. The minimum Gasteiger partial charge on any atom is -0.350 e. The molecule has 0 bridgehead atoms. The van der Waals surface area contributed by atoms with Crippen molar-refractivity contribution in [2.24, 2.45) is 0 Å². The summed E-state index contributed by atoms with van der Waals surface area (Å²) in [6.45, 7) is 1.51. The molecule has 0 atom stereocenters. The molecule has 0 aromatic heterocycles. The lowest BCUT2D eigenvalue weighted by atomic mass is 10.1. The van der Waals surface area contributed by atoms with Gasteiger partial charge in [-0.1, -0.05) is 46.4 Å². The molecule has 2 aromatic carbocycles. The van der Waals surface area contributed by atoms with Crippen LogP contribution in [0.15, 0.2) is 47.1 Å². The molecule has 2 heterocycles. The average molecular weight is 513 g/mol. The number of carbonyl (C=O) groups excluding carboxylic acids is 3. The van der Waals surface area contributed by atoms with E-state index in [4.69, 9.17) is 46.4 Å². The SMILES string of the molecule is O=C(c1ccc(NC2=C(Cl)C(=O)N(c3cc(Cl)c(Cl)cc3Cl)C2=O)cc1)N1CCCCC1. The van der Waals surface area contributed by atoms with Gasteiger partial charge in [-0.25, -0.2) is 4.90 Å². The summed E-state index contributed by atoms with van der Waals surface area (Å²) in [7, 11) is 0. The molecule has 166 valence electrons. The van der Waals surface area contributed by atoms with E-state index in [1.54, 1.807) is 24.3 Å². The van der Waals surface area contributed by atoms with Crippen molar-refractivity contribution >= 4 is 75.5 Å². The smallest absolute Gasteiger partial charge is 0.283 e. The lowest BCUT2D eigenvalue weighted by Gasteiger charge is -2.26. The number of amides is 3. The standard InChI is InChI=1S/C22H17Cl4N3O3/c23-14-10-16(25)17(11-15(14)24)29-21(31)18(26)19(22(29)32)27-13-6-4-12(5-7-13)20(30)28-8-2-1-3-9-28/h4-7,10-11,27H,1-3,8-9H2. The van der Waals surface area contributed by atoms with Gasteiger partial charge in [-0.15, -0.1) is 0 Å². The number of likely N-dealkylation sites (tertiary alicyclic amines) is 1. The normalized spacial score (nSPS) is 16.8. The molecule has 0 radical (unpaired) electrons. The summed E-state index contributed by atoms with van der Waals surface area (Å²) in [6, 6.07) is 9.32. The molecule has 1 saturated heterocycles. The Balaban J connectivity index is 1.53. The lowest BCUT2D eigenvalue weighted by molar-refractivity contribution is -0.120. The first kappa shape index (κ1) is 22.9. The molecule has 0 spiro atoms. The van der Waals surface area contributed by atoms with E-state index in [2.05, 4.69) is 5.32 Å². The number of hydrogen-bond acceptors (Lipinski definition) is 4. The van der Waals surface area contributed by atoms with Gasteiger partial charge in [-0.2, -0.15) is 0 Å². The number of imide groups is 1. The Morgan fingerprint density at radius 3 is 2.09 bits per heavy atom. The van der Waals surface area contributed by atoms with E-state index < -0.39 is 11.8 Å². The maximum atomic E-state index is 13.0. The zero-order valence-electron chi connectivity index (χ0n) is 16.6. The van der Waals surface area contributed by atoms with Crippen LogP contribution in [0.4, 0.5) is 11.4 Å². The molecule has 10 heteroatoms. The van der Waals surface area contributed by atoms with Crippen molar-refractivity contribution in [3.63, 3.8) is 0 Å². The van der Waals surface area contributed by atoms with Crippen LogP contribution in [-0.4, -0.2) is 35.7 Å². The summed E-state index contributed by atoms with van der Waals surface area (Å²) in [5.41, 5.74) is 1.02. The Morgan fingerprint density at radius 1 is 0.812 bits per heavy atom. The first-order valence-electron chi connectivity index (χ1n) is 9.87. The van der Waals surface area contributed by atoms with Gasteiger partial charge in [-0.05, 0) is 55.7 Å². The van der Waals surface area contributed by atoms with E-state index in [0.717, 1.165) is 37.3 Å². The molecule has 1 fully saturated rings. The number of halogens is 4. The molecule has 4 rings (SSSR count). The second-order valence-electron chi connectivity index (χ2n) is 7.41. The van der Waals surface area contributed by atoms with Gasteiger partial charge in [-0.3, -0.25) is 14.4 Å². The van der Waals surface area contributed by atoms with E-state index in [-0.39, 0.29) is 37.4 Å². The van der Waals surface area contributed by atoms with Crippen LogP contribution in [0, 0.1) is 0 Å². The highest BCUT2D eigenvalue weighted by Gasteiger charge is 2.40. The zero-order chi connectivity index (χ0) is 23.0. The number of carbonyl (C=O) groups is 3. The topological polar surface area (TPSA) is 69.7 Å². The maximum Gasteiger partial charge on any atom is 0.283 e. The van der Waals surface area contributed by atoms with Gasteiger partial charge in [0.05, 0.1) is 20.8 Å². The number of nitrogens with zero attached hydrogens (tertiary/aromatic N) is 2. The fourth-order valence-corrected chi connectivity index (χ4v) is 4.47. The van der Waals surface area contributed by atoms with Gasteiger partial charge in [0.15, 0.2) is 0 Å². The summed E-state index contributed by atoms with van der Waals surface area (Å²) >= 11 is 24.3. The first-order valence-corrected chi connectivity index (χ1v) is 11.4. The molecule has 32 heavy (non-hydrogen) atoms. The van der Waals surface area contributed by atoms with Crippen LogP contribution in [0.2, 0.25) is 15.1 Å². The maximum absolute atomic E-state index is 13.0. The number of hydrogen-bond donors (Lipinski definition) is 1. The van der Waals surface area contributed by atoms with Gasteiger partial charge < -0.3 is 10.2 Å². The Labute approximate surface area is 204 Å². The highest BCUT2D eigenvalue weighted by molar-refractivity contribution is 6.54. The molecule has 2 aromatic rings. The fourth-order valence-electron chi connectivity index (χ4n) is 3.63. The number of rotatable bonds is 4. The van der Waals surface area contributed by atoms with E-state index >= 15 is 0 Å². The van der Waals surface area contributed by atoms with E-state index in [1.807, 2.05) is 4.90 Å². The van der Waals surface area contributed by atoms with Crippen molar-refractivity contribution in [3.8, 4) is 0 Å². The van der Waals surface area contributed by atoms with Gasteiger partial charge >= 0.3 is 0 Å². The zero-order valence-corrected chi connectivity index (χ0v) is 19.7. The third-order valence-electron chi connectivity index (χ3n) is 5.30. The van der Waals surface area contributed by atoms with Crippen LogP contribution < -0.4 is 10.2 Å². The number of nitrogens with one attached hydrogen (secondary N) is 1. The third-order valence-corrected chi connectivity index (χ3v) is 6.68. The Kier molecular flexibility index (Phi) is 6.67. The van der Waals surface area contributed by atoms with Gasteiger partial charge in [0.2, 0.25) is 0 Å². The molecule has 0 unspecified atom stereocenters. The van der Waals surface area contributed by atoms with Gasteiger partial charge in [0, 0.05) is 24.3 Å². The number of anilines is 2. The highest BCUT2D eigenvalue weighted by Crippen LogP contribution is 2.38. The van der Waals surface area contributed by atoms with Crippen LogP contribution in [0.3, 0.4) is 0 Å². The van der Waals surface area contributed by atoms with Crippen molar-refractivity contribution in [2.45, 2.75) is 19.3 Å². The van der Waals surface area contributed by atoms with Crippen LogP contribution >= 0.6 is 46.4 Å². The quantitative estimate of drug-likeness (QED) is 0.420. The number of benzene rings is 2. The van der Waals surface area contributed by atoms with Crippen molar-refractivity contribution in [1.29, 1.82) is 0 Å². The molecular weight excluding hydrogens is 496 g/mol. The molecule has 3 amide bonds. The van der Waals surface area contributed by atoms with Crippen LogP contribution in [0.5, 0.6) is 0 Å². The second kappa shape index (κ2) is 9.32. The minimum absolute atomic E-state index is 0.0268. The van der Waals surface area contributed by atoms with Crippen molar-refractivity contribution in [2.75, 3.05) is 23.3 Å². The molecule has 2 aliphatic rings. The van der Waals surface area contributed by atoms with Crippen molar-refractivity contribution in [1.82, 2.24) is 4.90 Å². The average Bonchev–Trinajstić information content (AvgIpc) is 3.00. The molecule has 0 aliphatic carbocycles. The predicted octanol–water partition coefficient (Wildman–Crippen LogP) is 5.71. The monoisotopic (exact) mass is 511 g/mol. The van der Waals surface area contributed by atoms with E-state index in [9.17, 15) is 14.4 Å². The van der Waals surface area contributed by atoms with Gasteiger partial charge in [0.25, 0.3) is 17.7 Å². The summed E-state index contributed by atoms with van der Waals surface area (Å²) in [6.07, 6.45) is 3.15. The molecule has 2 aliphatic heterocycles. The summed E-state index contributed by atoms with van der Waals surface area (Å²) in [5.74, 6) is -1.45. The Morgan fingerprint density at radius 2 is 1.44 bits per heavy atom. The van der Waals surface area contributed by atoms with Gasteiger partial charge in [0.1, 0.15) is 10.7 Å². The Hall–Kier alpha value is -2.25. The molecule has 1 N–H and O–H groups in total. The number of piperidine rings is 1. The van der Waals surface area contributed by atoms with Crippen molar-refractivity contribution < 1.29 is 14.4 Å². The fraction of sp³-hybridized carbons (Fsp3) is 0.227. The largest absolute Gasteiger partial charge is 0.350 e. The molecular formula is C22H17Cl4N3O3. The predicted molar refractivity (Wildman–Crippen MR) is 127 cm³/mol. The Bertz CT molecular complexity index is 1140. The summed E-state index contributed by atoms with van der Waals surface area (Å²) < 4.78 is 0. The molecule has 6 nitrogen and oxygen atoms in total. The highest BCUT2D eigenvalue weighted by atomic mass is 35.5. The lowest BCUT2D eigenvalue weighted by Crippen LogP contribution is -2.35. The minimum atomic E-state index is -0.739. The van der Waals surface area contributed by atoms with Crippen LogP contribution in [-0.2, 0) is 9.59 Å². The van der Waals surface area contributed by atoms with Crippen LogP contribution in [0.25, 0.3) is 0 Å². The summed E-state index contributed by atoms with van der Waals surface area (Å²) in [5, 5.41) is 2.99. The third kappa shape index (κ3) is 4.33.